The number of fused-ring (bicyclic) bond motifs is 1. The van der Waals surface area contributed by atoms with Crippen molar-refractivity contribution in [2.75, 3.05) is 7.11 Å². The zero-order chi connectivity index (χ0) is 21.7. The van der Waals surface area contributed by atoms with Crippen molar-refractivity contribution in [3.8, 4) is 5.75 Å². The molecule has 9 heteroatoms. The average molecular weight is 430 g/mol. The number of hydrogen-bond donors (Lipinski definition) is 1. The summed E-state index contributed by atoms with van der Waals surface area (Å²) in [5, 5.41) is 3.15. The van der Waals surface area contributed by atoms with E-state index >= 15 is 0 Å². The van der Waals surface area contributed by atoms with E-state index in [1.165, 1.54) is 23.6 Å². The first kappa shape index (κ1) is 21.3. The van der Waals surface area contributed by atoms with E-state index in [4.69, 9.17) is 21.1 Å². The first-order valence-electron chi connectivity index (χ1n) is 9.10. The highest BCUT2D eigenvalue weighted by atomic mass is 35.5. The number of aromatic nitrogens is 2. The van der Waals surface area contributed by atoms with Crippen LogP contribution in [0.15, 0.2) is 53.5 Å². The summed E-state index contributed by atoms with van der Waals surface area (Å²) in [4.78, 5) is 40.4. The van der Waals surface area contributed by atoms with Crippen molar-refractivity contribution >= 4 is 29.1 Å². The minimum absolute atomic E-state index is 0.0753. The third-order valence-electron chi connectivity index (χ3n) is 4.32. The molecular formula is C21H20ClN3O5. The number of carbonyl (C=O) groups excluding carboxylic acids is 2. The Morgan fingerprint density at radius 2 is 1.93 bits per heavy atom. The molecule has 0 saturated carbocycles. The molecule has 0 radical (unpaired) electrons. The van der Waals surface area contributed by atoms with E-state index in [1.54, 1.807) is 43.5 Å². The summed E-state index contributed by atoms with van der Waals surface area (Å²) in [5.74, 6) is -0.146. The number of nitrogens with zero attached hydrogens (tertiary/aromatic N) is 2. The zero-order valence-corrected chi connectivity index (χ0v) is 17.2. The molecule has 0 spiro atoms. The summed E-state index contributed by atoms with van der Waals surface area (Å²) in [6.45, 7) is 1.21. The predicted molar refractivity (Wildman–Crippen MR) is 110 cm³/mol. The Bertz CT molecular complexity index is 1130. The fourth-order valence-electron chi connectivity index (χ4n) is 2.91. The maximum Gasteiger partial charge on any atom is 0.308 e. The van der Waals surface area contributed by atoms with Gasteiger partial charge in [0, 0.05) is 19.2 Å². The van der Waals surface area contributed by atoms with Crippen LogP contribution in [-0.2, 0) is 20.9 Å². The molecule has 2 aromatic heterocycles. The van der Waals surface area contributed by atoms with Crippen molar-refractivity contribution < 1.29 is 19.1 Å². The second-order valence-corrected chi connectivity index (χ2v) is 6.99. The molecular weight excluding hydrogens is 410 g/mol. The molecule has 1 aromatic carbocycles. The third-order valence-corrected chi connectivity index (χ3v) is 4.55. The normalized spacial score (nSPS) is 11.7. The zero-order valence-electron chi connectivity index (χ0n) is 16.4. The number of nitrogens with one attached hydrogen (secondary N) is 1. The van der Waals surface area contributed by atoms with E-state index in [0.29, 0.717) is 22.1 Å². The molecule has 30 heavy (non-hydrogen) atoms. The Morgan fingerprint density at radius 1 is 1.20 bits per heavy atom. The highest BCUT2D eigenvalue weighted by Crippen LogP contribution is 2.21. The van der Waals surface area contributed by atoms with Crippen molar-refractivity contribution in [1.29, 1.82) is 0 Å². The smallest absolute Gasteiger partial charge is 0.308 e. The molecule has 3 rings (SSSR count). The van der Waals surface area contributed by atoms with Gasteiger partial charge in [-0.05, 0) is 29.8 Å². The highest BCUT2D eigenvalue weighted by molar-refractivity contribution is 6.30. The van der Waals surface area contributed by atoms with E-state index in [1.807, 2.05) is 0 Å². The van der Waals surface area contributed by atoms with Crippen LogP contribution in [0.2, 0.25) is 5.02 Å². The van der Waals surface area contributed by atoms with Gasteiger partial charge in [0.25, 0.3) is 5.56 Å². The van der Waals surface area contributed by atoms with Crippen LogP contribution in [0.25, 0.3) is 5.65 Å². The lowest BCUT2D eigenvalue weighted by Gasteiger charge is -2.18. The maximum absolute atomic E-state index is 12.4. The monoisotopic (exact) mass is 429 g/mol. The molecule has 1 atom stereocenters. The summed E-state index contributed by atoms with van der Waals surface area (Å²) in [7, 11) is 1.55. The second kappa shape index (κ2) is 9.41. The minimum atomic E-state index is -0.557. The summed E-state index contributed by atoms with van der Waals surface area (Å²) < 4.78 is 11.7. The first-order chi connectivity index (χ1) is 14.4. The molecule has 3 aromatic rings. The van der Waals surface area contributed by atoms with Crippen LogP contribution in [0, 0.1) is 0 Å². The molecule has 1 N–H and O–H groups in total. The number of benzene rings is 1. The lowest BCUT2D eigenvalue weighted by Crippen LogP contribution is -2.28. The summed E-state index contributed by atoms with van der Waals surface area (Å²) in [6, 6.07) is 11.0. The molecule has 156 valence electrons. The van der Waals surface area contributed by atoms with Crippen molar-refractivity contribution in [2.24, 2.45) is 0 Å². The third kappa shape index (κ3) is 5.36. The van der Waals surface area contributed by atoms with Crippen LogP contribution in [-0.4, -0.2) is 28.4 Å². The number of pyridine rings is 1. The summed E-state index contributed by atoms with van der Waals surface area (Å²) in [6.07, 6.45) is 1.39. The lowest BCUT2D eigenvalue weighted by atomic mass is 10.0. The van der Waals surface area contributed by atoms with Gasteiger partial charge >= 0.3 is 5.97 Å². The van der Waals surface area contributed by atoms with Gasteiger partial charge in [-0.3, -0.25) is 18.8 Å². The average Bonchev–Trinajstić information content (AvgIpc) is 2.72. The van der Waals surface area contributed by atoms with Gasteiger partial charge < -0.3 is 14.8 Å². The summed E-state index contributed by atoms with van der Waals surface area (Å²) in [5.41, 5.74) is 1.12. The van der Waals surface area contributed by atoms with E-state index in [-0.39, 0.29) is 24.5 Å². The number of halogens is 1. The number of esters is 1. The lowest BCUT2D eigenvalue weighted by molar-refractivity contribution is -0.145. The van der Waals surface area contributed by atoms with Crippen molar-refractivity contribution in [3.63, 3.8) is 0 Å². The number of ether oxygens (including phenoxy) is 2. The highest BCUT2D eigenvalue weighted by Gasteiger charge is 2.19. The molecule has 0 fully saturated rings. The molecule has 0 saturated heterocycles. The van der Waals surface area contributed by atoms with Gasteiger partial charge in [0.2, 0.25) is 5.91 Å². The van der Waals surface area contributed by atoms with E-state index in [2.05, 4.69) is 10.3 Å². The van der Waals surface area contributed by atoms with Crippen molar-refractivity contribution in [1.82, 2.24) is 14.7 Å². The van der Waals surface area contributed by atoms with Crippen LogP contribution < -0.4 is 15.6 Å². The van der Waals surface area contributed by atoms with Gasteiger partial charge in [0.15, 0.2) is 0 Å². The van der Waals surface area contributed by atoms with Gasteiger partial charge in [0.1, 0.15) is 18.0 Å². The quantitative estimate of drug-likeness (QED) is 0.580. The van der Waals surface area contributed by atoms with Gasteiger partial charge in [-0.2, -0.15) is 0 Å². The first-order valence-corrected chi connectivity index (χ1v) is 9.48. The molecule has 0 bridgehead atoms. The van der Waals surface area contributed by atoms with Crippen LogP contribution in [0.5, 0.6) is 5.75 Å². The number of rotatable bonds is 7. The van der Waals surface area contributed by atoms with Crippen molar-refractivity contribution in [2.45, 2.75) is 26.0 Å². The Kier molecular flexibility index (Phi) is 6.68. The van der Waals surface area contributed by atoms with Crippen molar-refractivity contribution in [3.05, 3.63) is 75.3 Å². The Labute approximate surface area is 177 Å². The molecule has 8 nitrogen and oxygen atoms in total. The van der Waals surface area contributed by atoms with Gasteiger partial charge in [-0.25, -0.2) is 4.98 Å². The van der Waals surface area contributed by atoms with Crippen LogP contribution in [0.4, 0.5) is 0 Å². The molecule has 0 unspecified atom stereocenters. The fraction of sp³-hybridized carbons (Fsp3) is 0.238. The van der Waals surface area contributed by atoms with Crippen LogP contribution >= 0.6 is 11.6 Å². The van der Waals surface area contributed by atoms with Gasteiger partial charge in [-0.15, -0.1) is 0 Å². The number of methoxy groups -OCH3 is 1. The molecule has 0 aliphatic rings. The van der Waals surface area contributed by atoms with Gasteiger partial charge in [-0.1, -0.05) is 23.7 Å². The molecule has 0 aliphatic heterocycles. The maximum atomic E-state index is 12.4. The second-order valence-electron chi connectivity index (χ2n) is 6.55. The summed E-state index contributed by atoms with van der Waals surface area (Å²) >= 11 is 5.89. The standard InChI is InChI=1S/C21H20ClN3O5/c1-13(26)23-18(14-3-6-17(29-2)7-4-14)10-21(28)30-12-16-9-20(27)25-11-15(22)5-8-19(25)24-16/h3-9,11,18H,10,12H2,1-2H3,(H,23,26)/t18-/m0/s1. The molecule has 2 heterocycles. The number of amides is 1. The number of carbonyl (C=O) groups is 2. The Morgan fingerprint density at radius 3 is 2.60 bits per heavy atom. The van der Waals surface area contributed by atoms with Gasteiger partial charge in [0.05, 0.1) is 30.3 Å². The topological polar surface area (TPSA) is 99.0 Å². The van der Waals surface area contributed by atoms with E-state index in [0.717, 1.165) is 5.56 Å². The Hall–Kier alpha value is -3.39. The molecule has 0 aliphatic carbocycles. The van der Waals surface area contributed by atoms with E-state index in [9.17, 15) is 14.4 Å². The Balaban J connectivity index is 1.69. The fourth-order valence-corrected chi connectivity index (χ4v) is 3.07. The van der Waals surface area contributed by atoms with E-state index < -0.39 is 12.0 Å². The van der Waals surface area contributed by atoms with Crippen LogP contribution in [0.3, 0.4) is 0 Å². The minimum Gasteiger partial charge on any atom is -0.497 e. The molecule has 1 amide bonds. The largest absolute Gasteiger partial charge is 0.497 e. The predicted octanol–water partition coefficient (Wildman–Crippen LogP) is 2.67. The van der Waals surface area contributed by atoms with Crippen LogP contribution in [0.1, 0.15) is 30.6 Å². The number of hydrogen-bond acceptors (Lipinski definition) is 6. The SMILES string of the molecule is COc1ccc([C@H](CC(=O)OCc2cc(=O)n3cc(Cl)ccc3n2)NC(C)=O)cc1.